The largest absolute Gasteiger partial charge is 0.349 e. The van der Waals surface area contributed by atoms with Gasteiger partial charge < -0.3 is 9.80 Å². The Morgan fingerprint density at radius 2 is 1.74 bits per heavy atom. The van der Waals surface area contributed by atoms with Crippen molar-refractivity contribution in [1.29, 1.82) is 0 Å². The third kappa shape index (κ3) is 3.72. The molecule has 126 valence electrons. The van der Waals surface area contributed by atoms with E-state index in [2.05, 4.69) is 4.40 Å². The second-order valence-corrected chi connectivity index (χ2v) is 7.20. The topological polar surface area (TPSA) is 70.1 Å². The van der Waals surface area contributed by atoms with E-state index < -0.39 is 10.0 Å². The number of benzene rings is 1. The van der Waals surface area contributed by atoms with Crippen LogP contribution in [0.25, 0.3) is 0 Å². The highest BCUT2D eigenvalue weighted by Gasteiger charge is 2.31. The maximum Gasteiger partial charge on any atom is 0.285 e. The van der Waals surface area contributed by atoms with Crippen LogP contribution in [0.1, 0.15) is 32.3 Å². The smallest absolute Gasteiger partial charge is 0.285 e. The van der Waals surface area contributed by atoms with Crippen molar-refractivity contribution >= 4 is 21.8 Å². The van der Waals surface area contributed by atoms with Gasteiger partial charge in [-0.3, -0.25) is 4.79 Å². The van der Waals surface area contributed by atoms with Gasteiger partial charge in [-0.1, -0.05) is 26.0 Å². The van der Waals surface area contributed by atoms with E-state index >= 15 is 0 Å². The van der Waals surface area contributed by atoms with Gasteiger partial charge in [0.2, 0.25) is 5.91 Å². The van der Waals surface area contributed by atoms with Gasteiger partial charge in [0.05, 0.1) is 6.54 Å². The third-order valence-electron chi connectivity index (χ3n) is 3.69. The Morgan fingerprint density at radius 3 is 2.35 bits per heavy atom. The second kappa shape index (κ2) is 7.12. The highest BCUT2D eigenvalue weighted by atomic mass is 32.2. The molecule has 0 saturated heterocycles. The quantitative estimate of drug-likeness (QED) is 0.792. The van der Waals surface area contributed by atoms with Crippen LogP contribution in [0.2, 0.25) is 0 Å². The first-order valence-electron chi connectivity index (χ1n) is 7.84. The molecule has 1 aliphatic heterocycles. The summed E-state index contributed by atoms with van der Waals surface area (Å²) in [7, 11) is -1.96. The van der Waals surface area contributed by atoms with Crippen LogP contribution in [0, 0.1) is 0 Å². The van der Waals surface area contributed by atoms with E-state index in [0.29, 0.717) is 24.5 Å². The summed E-state index contributed by atoms with van der Waals surface area (Å²) in [5, 5.41) is 0. The van der Waals surface area contributed by atoms with Crippen LogP contribution in [0.15, 0.2) is 33.6 Å². The number of fused-ring (bicyclic) bond motifs is 1. The molecule has 1 heterocycles. The van der Waals surface area contributed by atoms with Crippen molar-refractivity contribution in [3.63, 3.8) is 0 Å². The number of amidine groups is 1. The third-order valence-corrected chi connectivity index (χ3v) is 5.01. The molecule has 0 N–H and O–H groups in total. The summed E-state index contributed by atoms with van der Waals surface area (Å²) in [5.41, 5.74) is 0.556. The number of carbonyl (C=O) groups is 1. The van der Waals surface area contributed by atoms with Crippen molar-refractivity contribution in [2.24, 2.45) is 4.40 Å². The predicted molar refractivity (Wildman–Crippen MR) is 90.0 cm³/mol. The first-order valence-corrected chi connectivity index (χ1v) is 9.28. The standard InChI is InChI=1S/C16H23N3O3S/c1-4-10-19(11-5-2)15(20)12-18(3)16-13-8-6-7-9-14(13)23(21,22)17-16/h6-9H,4-5,10-12H2,1-3H3. The van der Waals surface area contributed by atoms with Crippen LogP contribution in [0.5, 0.6) is 0 Å². The molecule has 1 aromatic carbocycles. The molecule has 1 aromatic rings. The van der Waals surface area contributed by atoms with E-state index in [4.69, 9.17) is 0 Å². The lowest BCUT2D eigenvalue weighted by Crippen LogP contribution is -2.41. The molecule has 1 amide bonds. The van der Waals surface area contributed by atoms with Gasteiger partial charge in [-0.15, -0.1) is 4.40 Å². The Bertz CT molecular complexity index is 707. The molecule has 7 heteroatoms. The van der Waals surface area contributed by atoms with Gasteiger partial charge in [-0.2, -0.15) is 8.42 Å². The zero-order valence-electron chi connectivity index (χ0n) is 13.8. The number of rotatable bonds is 6. The summed E-state index contributed by atoms with van der Waals surface area (Å²) >= 11 is 0. The second-order valence-electron chi connectivity index (χ2n) is 5.62. The van der Waals surface area contributed by atoms with Crippen LogP contribution in [-0.2, 0) is 14.8 Å². The lowest BCUT2D eigenvalue weighted by Gasteiger charge is -2.25. The van der Waals surface area contributed by atoms with Gasteiger partial charge in [-0.05, 0) is 25.0 Å². The Hall–Kier alpha value is -1.89. The van der Waals surface area contributed by atoms with E-state index in [1.807, 2.05) is 18.7 Å². The fourth-order valence-electron chi connectivity index (χ4n) is 2.64. The molecule has 0 aromatic heterocycles. The van der Waals surface area contributed by atoms with Crippen molar-refractivity contribution < 1.29 is 13.2 Å². The van der Waals surface area contributed by atoms with Gasteiger partial charge in [-0.25, -0.2) is 0 Å². The summed E-state index contributed by atoms with van der Waals surface area (Å²) in [5.74, 6) is 0.322. The molecule has 23 heavy (non-hydrogen) atoms. The van der Waals surface area contributed by atoms with Crippen molar-refractivity contribution in [3.05, 3.63) is 29.8 Å². The summed E-state index contributed by atoms with van der Waals surface area (Å²) in [6, 6.07) is 6.70. The summed E-state index contributed by atoms with van der Waals surface area (Å²) in [4.78, 5) is 16.1. The number of hydrogen-bond acceptors (Lipinski definition) is 4. The average molecular weight is 337 g/mol. The van der Waals surface area contributed by atoms with E-state index in [0.717, 1.165) is 12.8 Å². The average Bonchev–Trinajstić information content (AvgIpc) is 2.79. The van der Waals surface area contributed by atoms with Crippen LogP contribution in [-0.4, -0.2) is 56.6 Å². The molecule has 0 saturated carbocycles. The summed E-state index contributed by atoms with van der Waals surface area (Å²) in [6.07, 6.45) is 1.79. The minimum absolute atomic E-state index is 0.0133. The molecule has 0 aliphatic carbocycles. The molecule has 1 aliphatic rings. The number of likely N-dealkylation sites (N-methyl/N-ethyl adjacent to an activating group) is 1. The highest BCUT2D eigenvalue weighted by molar-refractivity contribution is 7.90. The number of sulfonamides is 1. The van der Waals surface area contributed by atoms with Gasteiger partial charge >= 0.3 is 0 Å². The highest BCUT2D eigenvalue weighted by Crippen LogP contribution is 2.26. The maximum absolute atomic E-state index is 12.4. The minimum atomic E-state index is -3.65. The Balaban J connectivity index is 2.18. The Kier molecular flexibility index (Phi) is 5.41. The molecule has 0 spiro atoms. The molecular formula is C16H23N3O3S. The number of carbonyl (C=O) groups excluding carboxylic acids is 1. The first-order chi connectivity index (χ1) is 10.9. The van der Waals surface area contributed by atoms with Gasteiger partial charge in [0.25, 0.3) is 10.0 Å². The van der Waals surface area contributed by atoms with E-state index in [1.54, 1.807) is 30.1 Å². The van der Waals surface area contributed by atoms with E-state index in [1.165, 1.54) is 6.07 Å². The molecule has 0 atom stereocenters. The molecule has 0 unspecified atom stereocenters. The van der Waals surface area contributed by atoms with Crippen LogP contribution in [0.4, 0.5) is 0 Å². The SMILES string of the molecule is CCCN(CCC)C(=O)CN(C)C1=NS(=O)(=O)c2ccccc21. The van der Waals surface area contributed by atoms with Crippen molar-refractivity contribution in [1.82, 2.24) is 9.80 Å². The van der Waals surface area contributed by atoms with E-state index in [9.17, 15) is 13.2 Å². The molecule has 2 rings (SSSR count). The zero-order valence-corrected chi connectivity index (χ0v) is 14.6. The van der Waals surface area contributed by atoms with Crippen LogP contribution >= 0.6 is 0 Å². The number of hydrogen-bond donors (Lipinski definition) is 0. The summed E-state index contributed by atoms with van der Waals surface area (Å²) < 4.78 is 28.0. The lowest BCUT2D eigenvalue weighted by molar-refractivity contribution is -0.131. The molecule has 0 radical (unpaired) electrons. The lowest BCUT2D eigenvalue weighted by atomic mass is 10.2. The first kappa shape index (κ1) is 17.5. The van der Waals surface area contributed by atoms with Gasteiger partial charge in [0.15, 0.2) is 5.84 Å². The predicted octanol–water partition coefficient (Wildman–Crippen LogP) is 1.72. The minimum Gasteiger partial charge on any atom is -0.349 e. The molecule has 0 bridgehead atoms. The van der Waals surface area contributed by atoms with E-state index in [-0.39, 0.29) is 17.3 Å². The fraction of sp³-hybridized carbons (Fsp3) is 0.500. The number of amides is 1. The van der Waals surface area contributed by atoms with Gasteiger partial charge in [0, 0.05) is 25.7 Å². The summed E-state index contributed by atoms with van der Waals surface area (Å²) in [6.45, 7) is 5.60. The maximum atomic E-state index is 12.4. The van der Waals surface area contributed by atoms with Crippen LogP contribution in [0.3, 0.4) is 0 Å². The molecular weight excluding hydrogens is 314 g/mol. The van der Waals surface area contributed by atoms with Crippen LogP contribution < -0.4 is 0 Å². The zero-order chi connectivity index (χ0) is 17.0. The molecule has 0 fully saturated rings. The Labute approximate surface area is 137 Å². The van der Waals surface area contributed by atoms with Crippen molar-refractivity contribution in [2.45, 2.75) is 31.6 Å². The van der Waals surface area contributed by atoms with Gasteiger partial charge in [0.1, 0.15) is 4.90 Å². The molecule has 6 nitrogen and oxygen atoms in total. The van der Waals surface area contributed by atoms with Crippen molar-refractivity contribution in [2.75, 3.05) is 26.7 Å². The monoisotopic (exact) mass is 337 g/mol. The fourth-order valence-corrected chi connectivity index (χ4v) is 3.89. The Morgan fingerprint density at radius 1 is 1.13 bits per heavy atom. The van der Waals surface area contributed by atoms with Crippen molar-refractivity contribution in [3.8, 4) is 0 Å². The number of nitrogens with zero attached hydrogens (tertiary/aromatic N) is 3. The normalized spacial score (nSPS) is 15.0.